The van der Waals surface area contributed by atoms with Crippen LogP contribution >= 0.6 is 22.9 Å². The van der Waals surface area contributed by atoms with Gasteiger partial charge in [0.15, 0.2) is 0 Å². The molecule has 31 heavy (non-hydrogen) atoms. The molecule has 0 saturated heterocycles. The van der Waals surface area contributed by atoms with E-state index in [4.69, 9.17) is 34.5 Å². The van der Waals surface area contributed by atoms with Gasteiger partial charge in [-0.05, 0) is 42.7 Å². The van der Waals surface area contributed by atoms with Crippen LogP contribution in [0.2, 0.25) is 5.02 Å². The number of nitrogens with two attached hydrogens (primary N) is 4. The van der Waals surface area contributed by atoms with E-state index in [2.05, 4.69) is 10.3 Å². The molecule has 0 radical (unpaired) electrons. The first-order valence-corrected chi connectivity index (χ1v) is 10.4. The highest BCUT2D eigenvalue weighted by atomic mass is 35.5. The number of nitrogen functional groups attached to an aromatic ring is 2. The fourth-order valence-electron chi connectivity index (χ4n) is 3.24. The minimum atomic E-state index is -0.662. The molecular weight excluding hydrogens is 440 g/mol. The molecule has 3 amide bonds. The Kier molecular flexibility index (Phi) is 6.32. The number of rotatable bonds is 7. The standard InChI is InChI=1S/C20H21ClN6O3S/c1-8-13(14-15(23)16(18(25)29)31-20(14)27-17(8)24)9-5-10(7-11(21)6-9)19(30)26-4-2-3-12(22)28/h5-7H,2-4,23H2,1H3,(H2,22,28)(H2,24,27)(H2,25,29)(H,26,30). The summed E-state index contributed by atoms with van der Waals surface area (Å²) in [6.07, 6.45) is 0.602. The van der Waals surface area contributed by atoms with E-state index in [1.807, 2.05) is 0 Å². The number of benzene rings is 1. The van der Waals surface area contributed by atoms with Crippen LogP contribution in [0.25, 0.3) is 21.3 Å². The van der Waals surface area contributed by atoms with Crippen molar-refractivity contribution < 1.29 is 14.4 Å². The van der Waals surface area contributed by atoms with E-state index in [9.17, 15) is 14.4 Å². The molecule has 2 heterocycles. The number of carbonyl (C=O) groups is 3. The zero-order chi connectivity index (χ0) is 22.9. The number of hydrogen-bond donors (Lipinski definition) is 5. The lowest BCUT2D eigenvalue weighted by atomic mass is 9.96. The van der Waals surface area contributed by atoms with Crippen molar-refractivity contribution in [3.63, 3.8) is 0 Å². The molecule has 162 valence electrons. The van der Waals surface area contributed by atoms with Crippen LogP contribution in [0.3, 0.4) is 0 Å². The molecule has 9 N–H and O–H groups in total. The second-order valence-electron chi connectivity index (χ2n) is 6.94. The van der Waals surface area contributed by atoms with Gasteiger partial charge in [-0.15, -0.1) is 11.3 Å². The molecule has 0 atom stereocenters. The van der Waals surface area contributed by atoms with Crippen LogP contribution in [-0.4, -0.2) is 29.3 Å². The number of hydrogen-bond acceptors (Lipinski definition) is 7. The minimum Gasteiger partial charge on any atom is -0.397 e. The Labute approximate surface area is 186 Å². The molecule has 0 spiro atoms. The number of pyridine rings is 1. The number of nitrogens with one attached hydrogen (secondary N) is 1. The van der Waals surface area contributed by atoms with E-state index in [-0.39, 0.29) is 35.3 Å². The van der Waals surface area contributed by atoms with Gasteiger partial charge in [0.25, 0.3) is 11.8 Å². The summed E-state index contributed by atoms with van der Waals surface area (Å²) >= 11 is 7.35. The first kappa shape index (κ1) is 22.3. The Morgan fingerprint density at radius 3 is 2.52 bits per heavy atom. The summed E-state index contributed by atoms with van der Waals surface area (Å²) in [5.74, 6) is -1.19. The molecule has 3 rings (SSSR count). The lowest BCUT2D eigenvalue weighted by Crippen LogP contribution is -2.25. The fourth-order valence-corrected chi connectivity index (χ4v) is 4.44. The third-order valence-corrected chi connectivity index (χ3v) is 6.05. The van der Waals surface area contributed by atoms with Crippen LogP contribution < -0.4 is 28.3 Å². The van der Waals surface area contributed by atoms with Crippen molar-refractivity contribution in [2.75, 3.05) is 18.0 Å². The number of carbonyl (C=O) groups excluding carboxylic acids is 3. The lowest BCUT2D eigenvalue weighted by Gasteiger charge is -2.13. The van der Waals surface area contributed by atoms with Crippen molar-refractivity contribution in [1.82, 2.24) is 10.3 Å². The Morgan fingerprint density at radius 2 is 1.87 bits per heavy atom. The van der Waals surface area contributed by atoms with Crippen molar-refractivity contribution in [3.05, 3.63) is 39.2 Å². The smallest absolute Gasteiger partial charge is 0.260 e. The Morgan fingerprint density at radius 1 is 1.16 bits per heavy atom. The summed E-state index contributed by atoms with van der Waals surface area (Å²) in [5.41, 5.74) is 25.2. The summed E-state index contributed by atoms with van der Waals surface area (Å²) in [5, 5.41) is 3.58. The number of nitrogens with zero attached hydrogens (tertiary/aromatic N) is 1. The van der Waals surface area contributed by atoms with Crippen molar-refractivity contribution in [1.29, 1.82) is 0 Å². The van der Waals surface area contributed by atoms with Gasteiger partial charge in [-0.25, -0.2) is 4.98 Å². The van der Waals surface area contributed by atoms with Crippen molar-refractivity contribution >= 4 is 62.4 Å². The number of primary amides is 2. The van der Waals surface area contributed by atoms with Gasteiger partial charge in [-0.1, -0.05) is 11.6 Å². The average Bonchev–Trinajstić information content (AvgIpc) is 3.01. The molecule has 1 aromatic carbocycles. The highest BCUT2D eigenvalue weighted by molar-refractivity contribution is 7.21. The van der Waals surface area contributed by atoms with E-state index >= 15 is 0 Å². The SMILES string of the molecule is Cc1c(N)nc2sc(C(N)=O)c(N)c2c1-c1cc(Cl)cc(C(=O)NCCCC(N)=O)c1. The van der Waals surface area contributed by atoms with E-state index < -0.39 is 11.8 Å². The zero-order valence-electron chi connectivity index (χ0n) is 16.6. The molecule has 0 fully saturated rings. The van der Waals surface area contributed by atoms with Crippen LogP contribution in [0.4, 0.5) is 11.5 Å². The fraction of sp³-hybridized carbons (Fsp3) is 0.200. The number of anilines is 2. The highest BCUT2D eigenvalue weighted by Crippen LogP contribution is 2.43. The number of amides is 3. The molecule has 11 heteroatoms. The third-order valence-electron chi connectivity index (χ3n) is 4.72. The van der Waals surface area contributed by atoms with Gasteiger partial charge >= 0.3 is 0 Å². The first-order chi connectivity index (χ1) is 14.6. The maximum Gasteiger partial charge on any atom is 0.260 e. The van der Waals surface area contributed by atoms with E-state index in [0.717, 1.165) is 11.3 Å². The highest BCUT2D eigenvalue weighted by Gasteiger charge is 2.22. The number of halogens is 1. The van der Waals surface area contributed by atoms with E-state index in [1.54, 1.807) is 19.1 Å². The maximum atomic E-state index is 12.6. The zero-order valence-corrected chi connectivity index (χ0v) is 18.2. The minimum absolute atomic E-state index is 0.175. The van der Waals surface area contributed by atoms with Gasteiger partial charge in [0.05, 0.1) is 5.69 Å². The molecule has 3 aromatic rings. The topological polar surface area (TPSA) is 180 Å². The van der Waals surface area contributed by atoms with Gasteiger partial charge < -0.3 is 28.3 Å². The van der Waals surface area contributed by atoms with Gasteiger partial charge in [0.2, 0.25) is 5.91 Å². The lowest BCUT2D eigenvalue weighted by molar-refractivity contribution is -0.118. The van der Waals surface area contributed by atoms with Gasteiger partial charge in [0, 0.05) is 34.5 Å². The van der Waals surface area contributed by atoms with Gasteiger partial charge in [-0.3, -0.25) is 14.4 Å². The molecule has 0 saturated carbocycles. The average molecular weight is 461 g/mol. The first-order valence-electron chi connectivity index (χ1n) is 9.25. The monoisotopic (exact) mass is 460 g/mol. The summed E-state index contributed by atoms with van der Waals surface area (Å²) in [6, 6.07) is 4.85. The van der Waals surface area contributed by atoms with Crippen LogP contribution in [0.5, 0.6) is 0 Å². The Bertz CT molecular complexity index is 1220. The number of thiophene rings is 1. The van der Waals surface area contributed by atoms with Crippen molar-refractivity contribution in [2.24, 2.45) is 11.5 Å². The largest absolute Gasteiger partial charge is 0.397 e. The quantitative estimate of drug-likeness (QED) is 0.337. The predicted molar refractivity (Wildman–Crippen MR) is 123 cm³/mol. The summed E-state index contributed by atoms with van der Waals surface area (Å²) in [4.78, 5) is 40.2. The van der Waals surface area contributed by atoms with E-state index in [1.165, 1.54) is 6.07 Å². The van der Waals surface area contributed by atoms with Crippen molar-refractivity contribution in [2.45, 2.75) is 19.8 Å². The maximum absolute atomic E-state index is 12.6. The molecule has 0 unspecified atom stereocenters. The second kappa shape index (κ2) is 8.78. The molecule has 0 aliphatic heterocycles. The third kappa shape index (κ3) is 4.54. The Balaban J connectivity index is 2.09. The molecule has 0 aliphatic carbocycles. The molecule has 0 aliphatic rings. The predicted octanol–water partition coefficient (Wildman–Crippen LogP) is 2.18. The summed E-state index contributed by atoms with van der Waals surface area (Å²) in [7, 11) is 0. The number of aromatic nitrogens is 1. The van der Waals surface area contributed by atoms with Gasteiger partial charge in [-0.2, -0.15) is 0 Å². The molecule has 9 nitrogen and oxygen atoms in total. The van der Waals surface area contributed by atoms with Crippen molar-refractivity contribution in [3.8, 4) is 11.1 Å². The van der Waals surface area contributed by atoms with Crippen LogP contribution in [0, 0.1) is 6.92 Å². The summed E-state index contributed by atoms with van der Waals surface area (Å²) < 4.78 is 0. The van der Waals surface area contributed by atoms with Crippen LogP contribution in [0.15, 0.2) is 18.2 Å². The van der Waals surface area contributed by atoms with E-state index in [0.29, 0.717) is 43.9 Å². The Hall–Kier alpha value is -3.37. The van der Waals surface area contributed by atoms with Crippen LogP contribution in [0.1, 0.15) is 38.4 Å². The normalized spacial score (nSPS) is 10.9. The molecular formula is C20H21ClN6O3S. The van der Waals surface area contributed by atoms with Crippen LogP contribution in [-0.2, 0) is 4.79 Å². The molecule has 2 aromatic heterocycles. The second-order valence-corrected chi connectivity index (χ2v) is 8.38. The molecule has 0 bridgehead atoms. The van der Waals surface area contributed by atoms with Gasteiger partial charge in [0.1, 0.15) is 15.5 Å². The summed E-state index contributed by atoms with van der Waals surface area (Å²) in [6.45, 7) is 2.05. The number of fused-ring (bicyclic) bond motifs is 1.